The minimum atomic E-state index is -0.663. The van der Waals surface area contributed by atoms with Crippen molar-refractivity contribution in [3.8, 4) is 6.07 Å². The fourth-order valence-electron chi connectivity index (χ4n) is 3.47. The lowest BCUT2D eigenvalue weighted by Gasteiger charge is -2.29. The molecular formula is C26H24ClN3O3S. The van der Waals surface area contributed by atoms with Gasteiger partial charge in [-0.15, -0.1) is 0 Å². The van der Waals surface area contributed by atoms with Crippen molar-refractivity contribution in [1.29, 1.82) is 5.26 Å². The van der Waals surface area contributed by atoms with Gasteiger partial charge in [-0.25, -0.2) is 4.79 Å². The summed E-state index contributed by atoms with van der Waals surface area (Å²) >= 11 is 7.26. The van der Waals surface area contributed by atoms with Gasteiger partial charge in [-0.1, -0.05) is 65.8 Å². The molecule has 1 heterocycles. The van der Waals surface area contributed by atoms with E-state index in [0.717, 1.165) is 11.1 Å². The Morgan fingerprint density at radius 1 is 1.21 bits per heavy atom. The van der Waals surface area contributed by atoms with Gasteiger partial charge in [0.15, 0.2) is 0 Å². The van der Waals surface area contributed by atoms with E-state index in [4.69, 9.17) is 16.3 Å². The number of amides is 1. The molecule has 0 aromatic heterocycles. The third-order valence-corrected chi connectivity index (χ3v) is 6.36. The first-order chi connectivity index (χ1) is 16.3. The monoisotopic (exact) mass is 493 g/mol. The van der Waals surface area contributed by atoms with E-state index >= 15 is 0 Å². The number of dihydropyridines is 1. The number of nitriles is 1. The quantitative estimate of drug-likeness (QED) is 0.375. The Balaban J connectivity index is 1.88. The second-order valence-electron chi connectivity index (χ2n) is 7.59. The molecule has 174 valence electrons. The number of aryl methyl sites for hydroxylation is 1. The van der Waals surface area contributed by atoms with Gasteiger partial charge < -0.3 is 15.4 Å². The van der Waals surface area contributed by atoms with Gasteiger partial charge in [0.25, 0.3) is 0 Å². The van der Waals surface area contributed by atoms with Crippen molar-refractivity contribution < 1.29 is 14.3 Å². The van der Waals surface area contributed by atoms with Crippen molar-refractivity contribution in [3.63, 3.8) is 0 Å². The third-order valence-electron chi connectivity index (χ3n) is 5.09. The zero-order chi connectivity index (χ0) is 24.7. The molecule has 3 rings (SSSR count). The minimum absolute atomic E-state index is 0.0509. The number of rotatable bonds is 8. The van der Waals surface area contributed by atoms with Crippen molar-refractivity contribution in [2.45, 2.75) is 19.8 Å². The highest BCUT2D eigenvalue weighted by Crippen LogP contribution is 2.41. The van der Waals surface area contributed by atoms with Crippen LogP contribution in [0.25, 0.3) is 0 Å². The number of carbonyl (C=O) groups excluding carboxylic acids is 2. The molecule has 2 N–H and O–H groups in total. The van der Waals surface area contributed by atoms with Crippen molar-refractivity contribution in [1.82, 2.24) is 5.32 Å². The summed E-state index contributed by atoms with van der Waals surface area (Å²) in [6, 6.07) is 16.7. The molecule has 0 saturated carbocycles. The molecule has 1 atom stereocenters. The standard InChI is InChI=1S/C26H24ClN3O3S/c1-4-13-33-26(32)23-17(3)29-25(21(14-28)24(23)18-7-9-19(27)10-8-18)34-15-22(31)30-20-11-5-16(2)6-12-20/h4-12,24,29H,1,13,15H2,2-3H3,(H,30,31)/t24-/m1/s1. The molecule has 1 aliphatic heterocycles. The molecule has 0 spiro atoms. The lowest BCUT2D eigenvalue weighted by atomic mass is 9.82. The Morgan fingerprint density at radius 3 is 2.50 bits per heavy atom. The molecular weight excluding hydrogens is 470 g/mol. The van der Waals surface area contributed by atoms with Crippen LogP contribution in [0.2, 0.25) is 5.02 Å². The van der Waals surface area contributed by atoms with Crippen LogP contribution in [0.15, 0.2) is 83.1 Å². The summed E-state index contributed by atoms with van der Waals surface area (Å²) in [5.74, 6) is -1.33. The van der Waals surface area contributed by atoms with E-state index in [2.05, 4.69) is 23.3 Å². The largest absolute Gasteiger partial charge is 0.458 e. The number of thioether (sulfide) groups is 1. The van der Waals surface area contributed by atoms with Crippen molar-refractivity contribution in [3.05, 3.63) is 99.2 Å². The summed E-state index contributed by atoms with van der Waals surface area (Å²) in [7, 11) is 0. The maximum absolute atomic E-state index is 12.9. The Kier molecular flexibility index (Phi) is 8.58. The minimum Gasteiger partial charge on any atom is -0.458 e. The maximum atomic E-state index is 12.9. The van der Waals surface area contributed by atoms with Crippen LogP contribution in [0.3, 0.4) is 0 Å². The Labute approximate surface area is 208 Å². The van der Waals surface area contributed by atoms with E-state index in [-0.39, 0.29) is 18.3 Å². The summed E-state index contributed by atoms with van der Waals surface area (Å²) < 4.78 is 5.29. The number of allylic oxidation sites excluding steroid dienone is 2. The van der Waals surface area contributed by atoms with Crippen molar-refractivity contribution in [2.24, 2.45) is 0 Å². The number of hydrogen-bond acceptors (Lipinski definition) is 6. The van der Waals surface area contributed by atoms with Gasteiger partial charge in [0.2, 0.25) is 5.91 Å². The summed E-state index contributed by atoms with van der Waals surface area (Å²) in [6.45, 7) is 7.34. The highest BCUT2D eigenvalue weighted by Gasteiger charge is 2.35. The van der Waals surface area contributed by atoms with Crippen molar-refractivity contribution >= 4 is 40.9 Å². The van der Waals surface area contributed by atoms with Crippen LogP contribution in [0.1, 0.15) is 24.0 Å². The van der Waals surface area contributed by atoms with E-state index in [1.807, 2.05) is 31.2 Å². The molecule has 1 amide bonds. The number of anilines is 1. The first kappa shape index (κ1) is 25.2. The SMILES string of the molecule is C=CCOC(=O)C1=C(C)NC(SCC(=O)Nc2ccc(C)cc2)=C(C#N)[C@H]1c1ccc(Cl)cc1. The molecule has 6 nitrogen and oxygen atoms in total. The molecule has 0 saturated heterocycles. The fourth-order valence-corrected chi connectivity index (χ4v) is 4.49. The molecule has 2 aromatic rings. The van der Waals surface area contributed by atoms with E-state index in [0.29, 0.717) is 32.6 Å². The maximum Gasteiger partial charge on any atom is 0.337 e. The number of halogens is 1. The van der Waals surface area contributed by atoms with Crippen LogP contribution in [-0.2, 0) is 14.3 Å². The second kappa shape index (κ2) is 11.6. The molecule has 0 unspecified atom stereocenters. The zero-order valence-electron chi connectivity index (χ0n) is 18.9. The normalized spacial score (nSPS) is 15.3. The van der Waals surface area contributed by atoms with Crippen LogP contribution in [0, 0.1) is 18.3 Å². The van der Waals surface area contributed by atoms with Crippen LogP contribution >= 0.6 is 23.4 Å². The highest BCUT2D eigenvalue weighted by molar-refractivity contribution is 8.03. The van der Waals surface area contributed by atoms with Gasteiger partial charge >= 0.3 is 5.97 Å². The molecule has 34 heavy (non-hydrogen) atoms. The Hall–Kier alpha value is -3.47. The van der Waals surface area contributed by atoms with Crippen LogP contribution in [0.4, 0.5) is 5.69 Å². The second-order valence-corrected chi connectivity index (χ2v) is 9.01. The third kappa shape index (κ3) is 6.10. The number of carbonyl (C=O) groups is 2. The van der Waals surface area contributed by atoms with Crippen molar-refractivity contribution in [2.75, 3.05) is 17.7 Å². The van der Waals surface area contributed by atoms with E-state index in [9.17, 15) is 14.9 Å². The van der Waals surface area contributed by atoms with Crippen LogP contribution in [-0.4, -0.2) is 24.2 Å². The van der Waals surface area contributed by atoms with Gasteiger partial charge in [-0.05, 0) is 43.7 Å². The number of hydrogen-bond donors (Lipinski definition) is 2. The molecule has 2 aromatic carbocycles. The average molecular weight is 494 g/mol. The molecule has 0 aliphatic carbocycles. The van der Waals surface area contributed by atoms with Gasteiger partial charge in [0, 0.05) is 16.4 Å². The lowest BCUT2D eigenvalue weighted by Crippen LogP contribution is -2.29. The van der Waals surface area contributed by atoms with Gasteiger partial charge in [0.05, 0.1) is 33.9 Å². The molecule has 1 aliphatic rings. The van der Waals surface area contributed by atoms with Gasteiger partial charge in [0.1, 0.15) is 6.61 Å². The predicted octanol–water partition coefficient (Wildman–Crippen LogP) is 5.45. The molecule has 0 bridgehead atoms. The molecule has 0 radical (unpaired) electrons. The van der Waals surface area contributed by atoms with Crippen LogP contribution in [0.5, 0.6) is 0 Å². The Morgan fingerprint density at radius 2 is 1.88 bits per heavy atom. The molecule has 0 fully saturated rings. The smallest absolute Gasteiger partial charge is 0.337 e. The number of esters is 1. The summed E-state index contributed by atoms with van der Waals surface area (Å²) in [5.41, 5.74) is 3.72. The van der Waals surface area contributed by atoms with Gasteiger partial charge in [-0.3, -0.25) is 4.79 Å². The summed E-state index contributed by atoms with van der Waals surface area (Å²) in [6.07, 6.45) is 1.48. The first-order valence-electron chi connectivity index (χ1n) is 10.5. The number of ether oxygens (including phenoxy) is 1. The first-order valence-corrected chi connectivity index (χ1v) is 11.8. The molecule has 8 heteroatoms. The Bertz CT molecular complexity index is 1200. The number of nitrogens with zero attached hydrogens (tertiary/aromatic N) is 1. The summed E-state index contributed by atoms with van der Waals surface area (Å²) in [4.78, 5) is 25.4. The number of nitrogens with one attached hydrogen (secondary N) is 2. The lowest BCUT2D eigenvalue weighted by molar-refractivity contribution is -0.138. The summed E-state index contributed by atoms with van der Waals surface area (Å²) in [5, 5.41) is 17.1. The zero-order valence-corrected chi connectivity index (χ0v) is 20.4. The van der Waals surface area contributed by atoms with E-state index in [1.54, 1.807) is 31.2 Å². The van der Waals surface area contributed by atoms with E-state index in [1.165, 1.54) is 17.8 Å². The van der Waals surface area contributed by atoms with Crippen LogP contribution < -0.4 is 10.6 Å². The highest BCUT2D eigenvalue weighted by atomic mass is 35.5. The van der Waals surface area contributed by atoms with Gasteiger partial charge in [-0.2, -0.15) is 5.26 Å². The topological polar surface area (TPSA) is 91.2 Å². The fraction of sp³-hybridized carbons (Fsp3) is 0.192. The average Bonchev–Trinajstić information content (AvgIpc) is 2.82. The predicted molar refractivity (Wildman–Crippen MR) is 136 cm³/mol. The van der Waals surface area contributed by atoms with E-state index < -0.39 is 11.9 Å². The number of benzene rings is 2.